The molecule has 1 aliphatic heterocycles. The lowest BCUT2D eigenvalue weighted by atomic mass is 10.1. The van der Waals surface area contributed by atoms with E-state index in [4.69, 9.17) is 10.5 Å². The third-order valence-corrected chi connectivity index (χ3v) is 2.70. The highest BCUT2D eigenvalue weighted by atomic mass is 16.6. The fraction of sp³-hybridized carbons (Fsp3) is 0.333. The van der Waals surface area contributed by atoms with Gasteiger partial charge in [0.15, 0.2) is 0 Å². The van der Waals surface area contributed by atoms with Crippen LogP contribution in [0.15, 0.2) is 24.3 Å². The number of ether oxygens (including phenoxy) is 1. The van der Waals surface area contributed by atoms with Gasteiger partial charge in [-0.25, -0.2) is 9.69 Å². The van der Waals surface area contributed by atoms with Gasteiger partial charge in [-0.2, -0.15) is 0 Å². The van der Waals surface area contributed by atoms with Gasteiger partial charge >= 0.3 is 6.09 Å². The molecule has 1 aromatic carbocycles. The molecule has 17 heavy (non-hydrogen) atoms. The lowest BCUT2D eigenvalue weighted by molar-refractivity contribution is -0.127. The van der Waals surface area contributed by atoms with Crippen molar-refractivity contribution < 1.29 is 14.3 Å². The molecule has 2 rings (SSSR count). The number of nitrogen functional groups attached to an aromatic ring is 1. The maximum atomic E-state index is 11.5. The summed E-state index contributed by atoms with van der Waals surface area (Å²) in [7, 11) is 0. The Hall–Kier alpha value is -2.04. The van der Waals surface area contributed by atoms with Crippen LogP contribution in [0.3, 0.4) is 0 Å². The predicted molar refractivity (Wildman–Crippen MR) is 62.1 cm³/mol. The van der Waals surface area contributed by atoms with Crippen LogP contribution < -0.4 is 5.73 Å². The molecule has 2 N–H and O–H groups in total. The van der Waals surface area contributed by atoms with Crippen LogP contribution in [0.2, 0.25) is 0 Å². The maximum absolute atomic E-state index is 11.5. The normalized spacial score (nSPS) is 19.2. The first-order valence-electron chi connectivity index (χ1n) is 5.48. The summed E-state index contributed by atoms with van der Waals surface area (Å²) in [4.78, 5) is 24.1. The molecular weight excluding hydrogens is 220 g/mol. The van der Waals surface area contributed by atoms with Crippen molar-refractivity contribution in [2.24, 2.45) is 0 Å². The van der Waals surface area contributed by atoms with Crippen molar-refractivity contribution >= 4 is 17.7 Å². The quantitative estimate of drug-likeness (QED) is 0.790. The number of rotatable bonds is 2. The van der Waals surface area contributed by atoms with Crippen molar-refractivity contribution in [3.8, 4) is 0 Å². The van der Waals surface area contributed by atoms with E-state index < -0.39 is 12.2 Å². The van der Waals surface area contributed by atoms with Gasteiger partial charge in [-0.1, -0.05) is 19.1 Å². The molecule has 5 heteroatoms. The monoisotopic (exact) mass is 234 g/mol. The number of carbonyl (C=O) groups excluding carboxylic acids is 2. The number of benzene rings is 1. The molecule has 0 radical (unpaired) electrons. The number of imide groups is 1. The number of amides is 2. The fourth-order valence-electron chi connectivity index (χ4n) is 1.79. The average Bonchev–Trinajstić information content (AvgIpc) is 2.70. The minimum Gasteiger partial charge on any atom is -0.439 e. The topological polar surface area (TPSA) is 72.6 Å². The van der Waals surface area contributed by atoms with Crippen LogP contribution in [0.5, 0.6) is 0 Å². The molecule has 1 saturated heterocycles. The first-order valence-corrected chi connectivity index (χ1v) is 5.48. The van der Waals surface area contributed by atoms with Gasteiger partial charge in [0.05, 0.1) is 6.54 Å². The van der Waals surface area contributed by atoms with E-state index in [1.165, 1.54) is 0 Å². The van der Waals surface area contributed by atoms with E-state index >= 15 is 0 Å². The van der Waals surface area contributed by atoms with Gasteiger partial charge in [-0.3, -0.25) is 4.79 Å². The summed E-state index contributed by atoms with van der Waals surface area (Å²) in [6.07, 6.45) is -0.704. The zero-order valence-electron chi connectivity index (χ0n) is 9.55. The molecule has 90 valence electrons. The second-order valence-corrected chi connectivity index (χ2v) is 3.90. The van der Waals surface area contributed by atoms with E-state index in [2.05, 4.69) is 0 Å². The Balaban J connectivity index is 2.16. The van der Waals surface area contributed by atoms with Gasteiger partial charge in [-0.15, -0.1) is 0 Å². The summed E-state index contributed by atoms with van der Waals surface area (Å²) >= 11 is 0. The zero-order valence-corrected chi connectivity index (χ0v) is 9.55. The highest BCUT2D eigenvalue weighted by Crippen LogP contribution is 2.27. The molecule has 1 heterocycles. The third-order valence-electron chi connectivity index (χ3n) is 2.70. The van der Waals surface area contributed by atoms with Crippen LogP contribution in [-0.2, 0) is 9.53 Å². The van der Waals surface area contributed by atoms with Crippen LogP contribution in [-0.4, -0.2) is 23.4 Å². The second kappa shape index (κ2) is 4.45. The number of nitrogens with two attached hydrogens (primary N) is 1. The molecule has 0 spiro atoms. The number of nitrogens with zero attached hydrogens (tertiary/aromatic N) is 1. The van der Waals surface area contributed by atoms with E-state index in [-0.39, 0.29) is 12.5 Å². The van der Waals surface area contributed by atoms with Crippen LogP contribution >= 0.6 is 0 Å². The molecule has 5 nitrogen and oxygen atoms in total. The molecule has 1 aliphatic rings. The maximum Gasteiger partial charge on any atom is 0.417 e. The summed E-state index contributed by atoms with van der Waals surface area (Å²) in [5.41, 5.74) is 7.08. The zero-order chi connectivity index (χ0) is 12.4. The molecule has 1 aromatic rings. The van der Waals surface area contributed by atoms with E-state index in [9.17, 15) is 9.59 Å². The van der Waals surface area contributed by atoms with Gasteiger partial charge in [0.2, 0.25) is 5.91 Å². The van der Waals surface area contributed by atoms with Gasteiger partial charge in [0.25, 0.3) is 0 Å². The summed E-state index contributed by atoms with van der Waals surface area (Å²) in [6.45, 7) is 1.97. The molecule has 1 unspecified atom stereocenters. The highest BCUT2D eigenvalue weighted by molar-refractivity contribution is 5.93. The highest BCUT2D eigenvalue weighted by Gasteiger charge is 2.35. The first kappa shape index (κ1) is 11.4. The minimum absolute atomic E-state index is 0.221. The lowest BCUT2D eigenvalue weighted by Crippen LogP contribution is -2.30. The Bertz CT molecular complexity index is 459. The van der Waals surface area contributed by atoms with Crippen LogP contribution in [0.1, 0.15) is 25.0 Å². The summed E-state index contributed by atoms with van der Waals surface area (Å²) < 4.78 is 5.15. The fourth-order valence-corrected chi connectivity index (χ4v) is 1.79. The molecular formula is C12H14N2O3. The van der Waals surface area contributed by atoms with E-state index in [0.717, 1.165) is 10.5 Å². The molecule has 0 bridgehead atoms. The third kappa shape index (κ3) is 2.22. The van der Waals surface area contributed by atoms with Crippen LogP contribution in [0.25, 0.3) is 0 Å². The number of hydrogen-bond donors (Lipinski definition) is 1. The Kier molecular flexibility index (Phi) is 2.99. The number of hydrogen-bond acceptors (Lipinski definition) is 4. The largest absolute Gasteiger partial charge is 0.439 e. The van der Waals surface area contributed by atoms with Gasteiger partial charge in [0, 0.05) is 12.1 Å². The Labute approximate surface area is 99.2 Å². The molecule has 1 atom stereocenters. The van der Waals surface area contributed by atoms with Crippen molar-refractivity contribution in [2.75, 3.05) is 12.3 Å². The lowest BCUT2D eigenvalue weighted by Gasteiger charge is -2.09. The second-order valence-electron chi connectivity index (χ2n) is 3.90. The molecule has 0 aliphatic carbocycles. The van der Waals surface area contributed by atoms with Crippen LogP contribution in [0, 0.1) is 0 Å². The Morgan fingerprint density at radius 1 is 1.59 bits per heavy atom. The van der Waals surface area contributed by atoms with Gasteiger partial charge in [0.1, 0.15) is 6.10 Å². The number of anilines is 1. The van der Waals surface area contributed by atoms with Crippen LogP contribution in [0.4, 0.5) is 10.5 Å². The summed E-state index contributed by atoms with van der Waals surface area (Å²) in [5.74, 6) is -0.221. The Morgan fingerprint density at radius 3 is 3.00 bits per heavy atom. The van der Waals surface area contributed by atoms with E-state index in [1.54, 1.807) is 25.1 Å². The summed E-state index contributed by atoms with van der Waals surface area (Å²) in [6, 6.07) is 7.13. The van der Waals surface area contributed by atoms with E-state index in [0.29, 0.717) is 12.1 Å². The van der Waals surface area contributed by atoms with E-state index in [1.807, 2.05) is 6.07 Å². The SMILES string of the molecule is CCC(=O)N1CC(c2cccc(N)c2)OC1=O. The molecule has 2 amide bonds. The minimum atomic E-state index is -0.579. The molecule has 1 fully saturated rings. The Morgan fingerprint density at radius 2 is 2.35 bits per heavy atom. The number of cyclic esters (lactones) is 1. The van der Waals surface area contributed by atoms with Crippen molar-refractivity contribution in [2.45, 2.75) is 19.4 Å². The summed E-state index contributed by atoms with van der Waals surface area (Å²) in [5, 5.41) is 0. The van der Waals surface area contributed by atoms with Crippen molar-refractivity contribution in [3.63, 3.8) is 0 Å². The standard InChI is InChI=1S/C12H14N2O3/c1-2-11(15)14-7-10(17-12(14)16)8-4-3-5-9(13)6-8/h3-6,10H,2,7,13H2,1H3. The van der Waals surface area contributed by atoms with Crippen molar-refractivity contribution in [1.29, 1.82) is 0 Å². The van der Waals surface area contributed by atoms with Crippen molar-refractivity contribution in [3.05, 3.63) is 29.8 Å². The predicted octanol–water partition coefficient (Wildman–Crippen LogP) is 1.70. The van der Waals surface area contributed by atoms with Gasteiger partial charge in [-0.05, 0) is 17.7 Å². The smallest absolute Gasteiger partial charge is 0.417 e. The van der Waals surface area contributed by atoms with Crippen molar-refractivity contribution in [1.82, 2.24) is 4.90 Å². The molecule has 0 aromatic heterocycles. The first-order chi connectivity index (χ1) is 8.11. The number of carbonyl (C=O) groups is 2. The molecule has 0 saturated carbocycles. The van der Waals surface area contributed by atoms with Gasteiger partial charge < -0.3 is 10.5 Å². The average molecular weight is 234 g/mol.